The predicted octanol–water partition coefficient (Wildman–Crippen LogP) is 3.99. The van der Waals surface area contributed by atoms with Crippen LogP contribution in [0, 0.1) is 6.92 Å². The molecule has 0 spiro atoms. The van der Waals surface area contributed by atoms with Gasteiger partial charge in [0.15, 0.2) is 0 Å². The highest BCUT2D eigenvalue weighted by atomic mass is 16.3. The number of aromatic nitrogens is 1. The SMILES string of the molecule is Cc1ccc(CN(C)C(=O)NCc2cccc(-c3ccccn3)c2)o1. The molecule has 0 saturated carbocycles. The van der Waals surface area contributed by atoms with Gasteiger partial charge < -0.3 is 14.6 Å². The monoisotopic (exact) mass is 335 g/mol. The molecular formula is C20H21N3O2. The molecule has 5 heteroatoms. The highest BCUT2D eigenvalue weighted by Crippen LogP contribution is 2.17. The van der Waals surface area contributed by atoms with E-state index in [9.17, 15) is 4.79 Å². The van der Waals surface area contributed by atoms with Gasteiger partial charge in [0.25, 0.3) is 0 Å². The largest absolute Gasteiger partial charge is 0.464 e. The van der Waals surface area contributed by atoms with Crippen molar-refractivity contribution in [3.8, 4) is 11.3 Å². The highest BCUT2D eigenvalue weighted by molar-refractivity contribution is 5.73. The number of hydrogen-bond acceptors (Lipinski definition) is 3. The molecule has 0 radical (unpaired) electrons. The predicted molar refractivity (Wildman–Crippen MR) is 96.8 cm³/mol. The number of nitrogens with zero attached hydrogens (tertiary/aromatic N) is 2. The van der Waals surface area contributed by atoms with Crippen molar-refractivity contribution in [1.82, 2.24) is 15.2 Å². The molecule has 25 heavy (non-hydrogen) atoms. The average Bonchev–Trinajstić information content (AvgIpc) is 3.05. The number of aryl methyl sites for hydroxylation is 1. The van der Waals surface area contributed by atoms with Crippen LogP contribution in [-0.2, 0) is 13.1 Å². The Balaban J connectivity index is 1.58. The molecule has 0 unspecified atom stereocenters. The van der Waals surface area contributed by atoms with Crippen LogP contribution in [-0.4, -0.2) is 23.0 Å². The second-order valence-corrected chi connectivity index (χ2v) is 5.94. The molecule has 2 amide bonds. The van der Waals surface area contributed by atoms with Crippen LogP contribution >= 0.6 is 0 Å². The minimum Gasteiger partial charge on any atom is -0.464 e. The Morgan fingerprint density at radius 3 is 2.76 bits per heavy atom. The van der Waals surface area contributed by atoms with E-state index in [-0.39, 0.29) is 6.03 Å². The van der Waals surface area contributed by atoms with Gasteiger partial charge in [0.2, 0.25) is 0 Å². The van der Waals surface area contributed by atoms with E-state index in [2.05, 4.69) is 10.3 Å². The quantitative estimate of drug-likeness (QED) is 0.767. The molecule has 0 atom stereocenters. The summed E-state index contributed by atoms with van der Waals surface area (Å²) >= 11 is 0. The number of carbonyl (C=O) groups excluding carboxylic acids is 1. The van der Waals surface area contributed by atoms with Gasteiger partial charge in [0.05, 0.1) is 12.2 Å². The lowest BCUT2D eigenvalue weighted by Crippen LogP contribution is -2.36. The average molecular weight is 335 g/mol. The summed E-state index contributed by atoms with van der Waals surface area (Å²) in [4.78, 5) is 18.2. The van der Waals surface area contributed by atoms with Crippen LogP contribution in [0.4, 0.5) is 4.79 Å². The maximum Gasteiger partial charge on any atom is 0.317 e. The fraction of sp³-hybridized carbons (Fsp3) is 0.200. The van der Waals surface area contributed by atoms with Crippen LogP contribution in [0.25, 0.3) is 11.3 Å². The van der Waals surface area contributed by atoms with Gasteiger partial charge in [-0.2, -0.15) is 0 Å². The number of hydrogen-bond donors (Lipinski definition) is 1. The minimum atomic E-state index is -0.141. The van der Waals surface area contributed by atoms with E-state index in [1.165, 1.54) is 0 Å². The lowest BCUT2D eigenvalue weighted by molar-refractivity contribution is 0.202. The molecule has 0 fully saturated rings. The normalized spacial score (nSPS) is 10.5. The van der Waals surface area contributed by atoms with E-state index in [0.29, 0.717) is 13.1 Å². The van der Waals surface area contributed by atoms with E-state index in [0.717, 1.165) is 28.3 Å². The Morgan fingerprint density at radius 2 is 2.04 bits per heavy atom. The second kappa shape index (κ2) is 7.66. The zero-order valence-corrected chi connectivity index (χ0v) is 14.4. The maximum atomic E-state index is 12.2. The van der Waals surface area contributed by atoms with Crippen LogP contribution in [0.1, 0.15) is 17.1 Å². The van der Waals surface area contributed by atoms with Crippen molar-refractivity contribution in [2.24, 2.45) is 0 Å². The van der Waals surface area contributed by atoms with Crippen LogP contribution in [0.5, 0.6) is 0 Å². The topological polar surface area (TPSA) is 58.4 Å². The number of benzene rings is 1. The molecule has 0 aliphatic rings. The van der Waals surface area contributed by atoms with Crippen molar-refractivity contribution in [1.29, 1.82) is 0 Å². The maximum absolute atomic E-state index is 12.2. The Bertz CT molecular complexity index is 843. The van der Waals surface area contributed by atoms with E-state index in [1.54, 1.807) is 18.1 Å². The van der Waals surface area contributed by atoms with Crippen molar-refractivity contribution >= 4 is 6.03 Å². The Kier molecular flexibility index (Phi) is 5.14. The molecule has 2 heterocycles. The van der Waals surface area contributed by atoms with Crippen LogP contribution < -0.4 is 5.32 Å². The Labute approximate surface area is 147 Å². The van der Waals surface area contributed by atoms with Crippen LogP contribution in [0.2, 0.25) is 0 Å². The molecule has 0 aliphatic heterocycles. The van der Waals surface area contributed by atoms with Crippen molar-refractivity contribution in [2.45, 2.75) is 20.0 Å². The lowest BCUT2D eigenvalue weighted by atomic mass is 10.1. The van der Waals surface area contributed by atoms with Gasteiger partial charge in [-0.05, 0) is 42.8 Å². The van der Waals surface area contributed by atoms with Crippen molar-refractivity contribution in [2.75, 3.05) is 7.05 Å². The minimum absolute atomic E-state index is 0.141. The third kappa shape index (κ3) is 4.47. The molecule has 3 rings (SSSR count). The zero-order chi connectivity index (χ0) is 17.6. The van der Waals surface area contributed by atoms with E-state index in [1.807, 2.05) is 61.5 Å². The van der Waals surface area contributed by atoms with E-state index in [4.69, 9.17) is 4.42 Å². The molecule has 0 aliphatic carbocycles. The first-order valence-corrected chi connectivity index (χ1v) is 8.16. The number of nitrogens with one attached hydrogen (secondary N) is 1. The summed E-state index contributed by atoms with van der Waals surface area (Å²) in [5, 5.41) is 2.93. The third-order valence-electron chi connectivity index (χ3n) is 3.87. The Morgan fingerprint density at radius 1 is 1.16 bits per heavy atom. The van der Waals surface area contributed by atoms with Gasteiger partial charge in [-0.15, -0.1) is 0 Å². The first kappa shape index (κ1) is 16.8. The van der Waals surface area contributed by atoms with Gasteiger partial charge >= 0.3 is 6.03 Å². The van der Waals surface area contributed by atoms with Gasteiger partial charge in [-0.25, -0.2) is 4.79 Å². The summed E-state index contributed by atoms with van der Waals surface area (Å²) < 4.78 is 5.50. The summed E-state index contributed by atoms with van der Waals surface area (Å²) in [6, 6.07) is 17.5. The van der Waals surface area contributed by atoms with Gasteiger partial charge in [0.1, 0.15) is 11.5 Å². The summed E-state index contributed by atoms with van der Waals surface area (Å²) in [6.07, 6.45) is 1.77. The number of carbonyl (C=O) groups is 1. The van der Waals surface area contributed by atoms with Crippen molar-refractivity contribution < 1.29 is 9.21 Å². The van der Waals surface area contributed by atoms with E-state index >= 15 is 0 Å². The fourth-order valence-electron chi connectivity index (χ4n) is 2.56. The highest BCUT2D eigenvalue weighted by Gasteiger charge is 2.11. The molecule has 0 bridgehead atoms. The molecular weight excluding hydrogens is 314 g/mol. The van der Waals surface area contributed by atoms with Crippen molar-refractivity contribution in [3.63, 3.8) is 0 Å². The number of amides is 2. The van der Waals surface area contributed by atoms with E-state index < -0.39 is 0 Å². The van der Waals surface area contributed by atoms with Crippen LogP contribution in [0.3, 0.4) is 0 Å². The molecule has 1 aromatic carbocycles. The van der Waals surface area contributed by atoms with Crippen LogP contribution in [0.15, 0.2) is 65.2 Å². The lowest BCUT2D eigenvalue weighted by Gasteiger charge is -2.17. The van der Waals surface area contributed by atoms with Gasteiger partial charge in [-0.3, -0.25) is 4.98 Å². The first-order chi connectivity index (χ1) is 12.1. The fourth-order valence-corrected chi connectivity index (χ4v) is 2.56. The standard InChI is InChI=1S/C20H21N3O2/c1-15-9-10-18(25-15)14-23(2)20(24)22-13-16-6-5-7-17(12-16)19-8-3-4-11-21-19/h3-12H,13-14H2,1-2H3,(H,22,24). The summed E-state index contributed by atoms with van der Waals surface area (Å²) in [5.41, 5.74) is 2.98. The summed E-state index contributed by atoms with van der Waals surface area (Å²) in [5.74, 6) is 1.61. The molecule has 128 valence electrons. The third-order valence-corrected chi connectivity index (χ3v) is 3.87. The summed E-state index contributed by atoms with van der Waals surface area (Å²) in [6.45, 7) is 2.78. The smallest absolute Gasteiger partial charge is 0.317 e. The van der Waals surface area contributed by atoms with Gasteiger partial charge in [0, 0.05) is 25.4 Å². The molecule has 2 aromatic heterocycles. The molecule has 3 aromatic rings. The first-order valence-electron chi connectivity index (χ1n) is 8.16. The molecule has 0 saturated heterocycles. The van der Waals surface area contributed by atoms with Crippen molar-refractivity contribution in [3.05, 3.63) is 77.9 Å². The summed E-state index contributed by atoms with van der Waals surface area (Å²) in [7, 11) is 1.75. The number of pyridine rings is 1. The Hall–Kier alpha value is -3.08. The molecule has 1 N–H and O–H groups in total. The second-order valence-electron chi connectivity index (χ2n) is 5.94. The van der Waals surface area contributed by atoms with Gasteiger partial charge in [-0.1, -0.05) is 24.3 Å². The number of rotatable bonds is 5. The number of urea groups is 1. The number of furan rings is 1. The zero-order valence-electron chi connectivity index (χ0n) is 14.4. The molecule has 5 nitrogen and oxygen atoms in total.